The van der Waals surface area contributed by atoms with E-state index in [0.29, 0.717) is 5.25 Å². The Bertz CT molecular complexity index is 228. The molecule has 0 aliphatic carbocycles. The van der Waals surface area contributed by atoms with E-state index in [1.807, 2.05) is 0 Å². The molecule has 1 atom stereocenters. The monoisotopic (exact) mass is 166 g/mol. The van der Waals surface area contributed by atoms with Crippen LogP contribution in [0.1, 0.15) is 30.2 Å². The van der Waals surface area contributed by atoms with E-state index in [0.717, 1.165) is 6.42 Å². The van der Waals surface area contributed by atoms with Crippen molar-refractivity contribution in [3.8, 4) is 0 Å². The molecule has 0 saturated heterocycles. The van der Waals surface area contributed by atoms with E-state index in [9.17, 15) is 0 Å². The van der Waals surface area contributed by atoms with Gasteiger partial charge < -0.3 is 0 Å². The second-order valence-electron chi connectivity index (χ2n) is 2.77. The van der Waals surface area contributed by atoms with E-state index in [1.54, 1.807) is 0 Å². The lowest BCUT2D eigenvalue weighted by molar-refractivity contribution is 1.07. The maximum absolute atomic E-state index is 4.37. The lowest BCUT2D eigenvalue weighted by atomic mass is 10.1. The Morgan fingerprint density at radius 2 is 2.18 bits per heavy atom. The van der Waals surface area contributed by atoms with Crippen molar-refractivity contribution in [3.63, 3.8) is 0 Å². The second-order valence-corrected chi connectivity index (χ2v) is 3.55. The Labute approximate surface area is 74.0 Å². The van der Waals surface area contributed by atoms with E-state index >= 15 is 0 Å². The van der Waals surface area contributed by atoms with Gasteiger partial charge in [0.15, 0.2) is 0 Å². The minimum atomic E-state index is 0.349. The highest BCUT2D eigenvalue weighted by Gasteiger charge is 1.98. The van der Waals surface area contributed by atoms with Gasteiger partial charge in [0, 0.05) is 5.25 Å². The summed E-state index contributed by atoms with van der Waals surface area (Å²) >= 11 is 4.37. The molecule has 1 rings (SSSR count). The van der Waals surface area contributed by atoms with Crippen LogP contribution in [0.3, 0.4) is 0 Å². The smallest absolute Gasteiger partial charge is 0.0238 e. The maximum Gasteiger partial charge on any atom is 0.0238 e. The average Bonchev–Trinajstić information content (AvgIpc) is 2.05. The number of rotatable bonds is 2. The number of aryl methyl sites for hydroxylation is 1. The molecule has 0 aliphatic rings. The van der Waals surface area contributed by atoms with Gasteiger partial charge in [-0.15, -0.1) is 0 Å². The molecule has 0 heterocycles. The lowest BCUT2D eigenvalue weighted by Gasteiger charge is -2.05. The first-order valence-corrected chi connectivity index (χ1v) is 4.52. The van der Waals surface area contributed by atoms with Crippen molar-refractivity contribution in [2.75, 3.05) is 0 Å². The first kappa shape index (κ1) is 8.66. The first-order chi connectivity index (χ1) is 5.24. The van der Waals surface area contributed by atoms with Crippen LogP contribution in [0.5, 0.6) is 0 Å². The molecular weight excluding hydrogens is 152 g/mol. The van der Waals surface area contributed by atoms with Crippen molar-refractivity contribution in [1.29, 1.82) is 0 Å². The summed E-state index contributed by atoms with van der Waals surface area (Å²) in [6.07, 6.45) is 1.11. The summed E-state index contributed by atoms with van der Waals surface area (Å²) in [7, 11) is 0. The van der Waals surface area contributed by atoms with Gasteiger partial charge in [0.2, 0.25) is 0 Å². The Kier molecular flexibility index (Phi) is 3.01. The summed E-state index contributed by atoms with van der Waals surface area (Å²) in [6, 6.07) is 8.59. The number of thiol groups is 1. The van der Waals surface area contributed by atoms with Crippen LogP contribution in [0.2, 0.25) is 0 Å². The highest BCUT2D eigenvalue weighted by molar-refractivity contribution is 7.80. The summed E-state index contributed by atoms with van der Waals surface area (Å²) in [5.41, 5.74) is 2.70. The topological polar surface area (TPSA) is 0 Å². The third-order valence-corrected chi connectivity index (χ3v) is 2.14. The van der Waals surface area contributed by atoms with Gasteiger partial charge in [-0.05, 0) is 24.5 Å². The third kappa shape index (κ3) is 2.26. The Morgan fingerprint density at radius 3 is 2.73 bits per heavy atom. The maximum atomic E-state index is 4.37. The molecule has 0 amide bonds. The van der Waals surface area contributed by atoms with Crippen LogP contribution in [0.4, 0.5) is 0 Å². The predicted molar refractivity (Wildman–Crippen MR) is 53.2 cm³/mol. The van der Waals surface area contributed by atoms with Gasteiger partial charge in [-0.25, -0.2) is 0 Å². The molecule has 0 radical (unpaired) electrons. The van der Waals surface area contributed by atoms with Crippen LogP contribution in [0.15, 0.2) is 24.3 Å². The molecule has 1 aromatic rings. The first-order valence-electron chi connectivity index (χ1n) is 4.01. The third-order valence-electron chi connectivity index (χ3n) is 1.84. The summed E-state index contributed by atoms with van der Waals surface area (Å²) in [5.74, 6) is 0. The van der Waals surface area contributed by atoms with Gasteiger partial charge in [0.05, 0.1) is 0 Å². The Balaban J connectivity index is 2.91. The van der Waals surface area contributed by atoms with E-state index in [2.05, 4.69) is 50.7 Å². The molecule has 1 heteroatoms. The number of hydrogen-bond acceptors (Lipinski definition) is 1. The van der Waals surface area contributed by atoms with Crippen molar-refractivity contribution in [2.24, 2.45) is 0 Å². The SMILES string of the molecule is CCc1cccc(C(C)S)c1. The summed E-state index contributed by atoms with van der Waals surface area (Å²) in [4.78, 5) is 0. The van der Waals surface area contributed by atoms with Crippen LogP contribution < -0.4 is 0 Å². The summed E-state index contributed by atoms with van der Waals surface area (Å²) < 4.78 is 0. The molecule has 60 valence electrons. The fourth-order valence-corrected chi connectivity index (χ4v) is 1.23. The Hall–Kier alpha value is -0.430. The van der Waals surface area contributed by atoms with E-state index in [-0.39, 0.29) is 0 Å². The standard InChI is InChI=1S/C10H14S/c1-3-9-5-4-6-10(7-9)8(2)11/h4-8,11H,3H2,1-2H3. The van der Waals surface area contributed by atoms with Gasteiger partial charge in [0.1, 0.15) is 0 Å². The van der Waals surface area contributed by atoms with Gasteiger partial charge in [0.25, 0.3) is 0 Å². The van der Waals surface area contributed by atoms with E-state index < -0.39 is 0 Å². The van der Waals surface area contributed by atoms with Crippen LogP contribution in [-0.2, 0) is 6.42 Å². The average molecular weight is 166 g/mol. The minimum absolute atomic E-state index is 0.349. The quantitative estimate of drug-likeness (QED) is 0.641. The summed E-state index contributed by atoms with van der Waals surface area (Å²) in [5, 5.41) is 0.349. The van der Waals surface area contributed by atoms with Crippen LogP contribution in [0.25, 0.3) is 0 Å². The molecule has 1 aromatic carbocycles. The molecule has 0 bridgehead atoms. The van der Waals surface area contributed by atoms with Gasteiger partial charge >= 0.3 is 0 Å². The van der Waals surface area contributed by atoms with E-state index in [4.69, 9.17) is 0 Å². The molecule has 0 saturated carbocycles. The molecule has 0 fully saturated rings. The molecular formula is C10H14S. The van der Waals surface area contributed by atoms with E-state index in [1.165, 1.54) is 11.1 Å². The Morgan fingerprint density at radius 1 is 1.45 bits per heavy atom. The van der Waals surface area contributed by atoms with Crippen molar-refractivity contribution in [2.45, 2.75) is 25.5 Å². The number of hydrogen-bond donors (Lipinski definition) is 1. The highest BCUT2D eigenvalue weighted by Crippen LogP contribution is 2.19. The van der Waals surface area contributed by atoms with Crippen LogP contribution >= 0.6 is 12.6 Å². The molecule has 0 aromatic heterocycles. The largest absolute Gasteiger partial charge is 0.171 e. The molecule has 11 heavy (non-hydrogen) atoms. The minimum Gasteiger partial charge on any atom is -0.171 e. The molecule has 1 unspecified atom stereocenters. The highest BCUT2D eigenvalue weighted by atomic mass is 32.1. The molecule has 0 aliphatic heterocycles. The summed E-state index contributed by atoms with van der Waals surface area (Å²) in [6.45, 7) is 4.26. The van der Waals surface area contributed by atoms with Crippen molar-refractivity contribution in [3.05, 3.63) is 35.4 Å². The predicted octanol–water partition coefficient (Wildman–Crippen LogP) is 3.24. The second kappa shape index (κ2) is 3.82. The van der Waals surface area contributed by atoms with Crippen LogP contribution in [0, 0.1) is 0 Å². The van der Waals surface area contributed by atoms with Gasteiger partial charge in [-0.3, -0.25) is 0 Å². The zero-order chi connectivity index (χ0) is 8.27. The zero-order valence-corrected chi connectivity index (χ0v) is 7.94. The van der Waals surface area contributed by atoms with Crippen molar-refractivity contribution >= 4 is 12.6 Å². The lowest BCUT2D eigenvalue weighted by Crippen LogP contribution is -1.86. The zero-order valence-electron chi connectivity index (χ0n) is 7.04. The molecule has 0 nitrogen and oxygen atoms in total. The van der Waals surface area contributed by atoms with Crippen molar-refractivity contribution in [1.82, 2.24) is 0 Å². The van der Waals surface area contributed by atoms with Gasteiger partial charge in [-0.1, -0.05) is 31.2 Å². The van der Waals surface area contributed by atoms with Crippen LogP contribution in [-0.4, -0.2) is 0 Å². The normalized spacial score (nSPS) is 13.0. The van der Waals surface area contributed by atoms with Gasteiger partial charge in [-0.2, -0.15) is 12.6 Å². The fraction of sp³-hybridized carbons (Fsp3) is 0.400. The van der Waals surface area contributed by atoms with Crippen molar-refractivity contribution < 1.29 is 0 Å². The molecule has 0 N–H and O–H groups in total. The molecule has 0 spiro atoms. The number of benzene rings is 1. The fourth-order valence-electron chi connectivity index (χ4n) is 1.07.